The van der Waals surface area contributed by atoms with Crippen LogP contribution < -0.4 is 4.90 Å². The summed E-state index contributed by atoms with van der Waals surface area (Å²) in [5.74, 6) is -2.00. The van der Waals surface area contributed by atoms with E-state index in [-0.39, 0.29) is 11.3 Å². The number of carbonyl (C=O) groups is 1. The molecule has 2 heterocycles. The summed E-state index contributed by atoms with van der Waals surface area (Å²) >= 11 is 0. The predicted octanol–water partition coefficient (Wildman–Crippen LogP) is 3.37. The van der Waals surface area contributed by atoms with Crippen LogP contribution in [0.4, 0.5) is 14.5 Å². The number of carbonyl (C=O) groups excluding carboxylic acids is 1. The number of ketones is 1. The van der Waals surface area contributed by atoms with Gasteiger partial charge in [0.15, 0.2) is 5.78 Å². The molecule has 1 aromatic carbocycles. The Hall–Kier alpha value is -2.50. The van der Waals surface area contributed by atoms with E-state index in [1.807, 2.05) is 0 Å². The van der Waals surface area contributed by atoms with Crippen molar-refractivity contribution in [3.63, 3.8) is 0 Å². The maximum Gasteiger partial charge on any atom is 0.165 e. The maximum atomic E-state index is 14.3. The van der Waals surface area contributed by atoms with E-state index >= 15 is 0 Å². The third kappa shape index (κ3) is 2.54. The van der Waals surface area contributed by atoms with Crippen LogP contribution in [0.25, 0.3) is 0 Å². The van der Waals surface area contributed by atoms with Gasteiger partial charge in [0, 0.05) is 36.5 Å². The molecule has 0 saturated carbocycles. The number of allylic oxidation sites excluding steroid dienone is 1. The minimum absolute atomic E-state index is 0.0963. The molecule has 2 aromatic rings. The number of aryl methyl sites for hydroxylation is 1. The first-order valence-corrected chi connectivity index (χ1v) is 7.33. The number of aromatic nitrogens is 2. The van der Waals surface area contributed by atoms with Gasteiger partial charge in [-0.1, -0.05) is 13.0 Å². The van der Waals surface area contributed by atoms with E-state index in [9.17, 15) is 13.6 Å². The lowest BCUT2D eigenvalue weighted by molar-refractivity contribution is -0.119. The fourth-order valence-electron chi connectivity index (χ4n) is 3.06. The Bertz CT molecular complexity index is 777. The van der Waals surface area contributed by atoms with Crippen LogP contribution in [-0.2, 0) is 11.8 Å². The molecule has 4 nitrogen and oxygen atoms in total. The second kappa shape index (κ2) is 5.61. The van der Waals surface area contributed by atoms with Crippen molar-refractivity contribution in [2.75, 3.05) is 4.90 Å². The van der Waals surface area contributed by atoms with Crippen LogP contribution in [-0.4, -0.2) is 15.6 Å². The molecular formula is C17H17F2N3O. The molecule has 0 amide bonds. The molecular weight excluding hydrogens is 300 g/mol. The summed E-state index contributed by atoms with van der Waals surface area (Å²) in [5, 5.41) is 4.11. The first-order valence-electron chi connectivity index (χ1n) is 7.33. The zero-order valence-corrected chi connectivity index (χ0v) is 13.1. The molecule has 0 radical (unpaired) electrons. The average molecular weight is 317 g/mol. The highest BCUT2D eigenvalue weighted by atomic mass is 19.1. The summed E-state index contributed by atoms with van der Waals surface area (Å²) in [7, 11) is 1.76. The second-order valence-electron chi connectivity index (χ2n) is 5.82. The van der Waals surface area contributed by atoms with Gasteiger partial charge >= 0.3 is 0 Å². The summed E-state index contributed by atoms with van der Waals surface area (Å²) < 4.78 is 30.2. The molecule has 2 atom stereocenters. The number of Topliss-reactive ketones (excluding diaryl/α,β-unsaturated/α-hetero) is 1. The van der Waals surface area contributed by atoms with Crippen molar-refractivity contribution in [2.24, 2.45) is 13.0 Å². The molecule has 6 heteroatoms. The molecule has 0 bridgehead atoms. The van der Waals surface area contributed by atoms with E-state index in [1.54, 1.807) is 49.1 Å². The van der Waals surface area contributed by atoms with Gasteiger partial charge in [-0.25, -0.2) is 8.78 Å². The zero-order chi connectivity index (χ0) is 16.7. The Morgan fingerprint density at radius 3 is 2.43 bits per heavy atom. The predicted molar refractivity (Wildman–Crippen MR) is 82.7 cm³/mol. The van der Waals surface area contributed by atoms with Crippen molar-refractivity contribution in [3.8, 4) is 0 Å². The molecule has 0 fully saturated rings. The van der Waals surface area contributed by atoms with E-state index in [0.29, 0.717) is 11.3 Å². The molecule has 120 valence electrons. The van der Waals surface area contributed by atoms with Gasteiger partial charge in [0.2, 0.25) is 0 Å². The molecule has 0 spiro atoms. The summed E-state index contributed by atoms with van der Waals surface area (Å²) in [6, 6.07) is 2.99. The largest absolute Gasteiger partial charge is 0.337 e. The molecule has 0 aliphatic carbocycles. The van der Waals surface area contributed by atoms with Crippen LogP contribution in [0.3, 0.4) is 0 Å². The lowest BCUT2D eigenvalue weighted by atomic mass is 9.84. The fraction of sp³-hybridized carbons (Fsp3) is 0.294. The van der Waals surface area contributed by atoms with Crippen LogP contribution in [0.15, 0.2) is 42.4 Å². The minimum Gasteiger partial charge on any atom is -0.337 e. The number of hydrogen-bond donors (Lipinski definition) is 0. The van der Waals surface area contributed by atoms with Crippen molar-refractivity contribution >= 4 is 11.5 Å². The molecule has 1 aliphatic rings. The van der Waals surface area contributed by atoms with E-state index < -0.39 is 23.6 Å². The molecule has 23 heavy (non-hydrogen) atoms. The van der Waals surface area contributed by atoms with Gasteiger partial charge in [-0.15, -0.1) is 0 Å². The van der Waals surface area contributed by atoms with Crippen LogP contribution in [0.5, 0.6) is 0 Å². The third-order valence-corrected chi connectivity index (χ3v) is 4.19. The fourth-order valence-corrected chi connectivity index (χ4v) is 3.06. The molecule has 0 N–H and O–H groups in total. The second-order valence-corrected chi connectivity index (χ2v) is 5.82. The summed E-state index contributed by atoms with van der Waals surface area (Å²) in [4.78, 5) is 14.1. The lowest BCUT2D eigenvalue weighted by Crippen LogP contribution is -2.38. The van der Waals surface area contributed by atoms with Crippen LogP contribution in [0.1, 0.15) is 25.5 Å². The number of rotatable bonds is 2. The molecule has 2 unspecified atom stereocenters. The summed E-state index contributed by atoms with van der Waals surface area (Å²) in [6.45, 7) is 3.40. The number of benzene rings is 1. The van der Waals surface area contributed by atoms with Gasteiger partial charge in [-0.2, -0.15) is 5.10 Å². The van der Waals surface area contributed by atoms with E-state index in [4.69, 9.17) is 0 Å². The number of hydrogen-bond acceptors (Lipinski definition) is 3. The first kappa shape index (κ1) is 15.4. The third-order valence-electron chi connectivity index (χ3n) is 4.19. The number of nitrogens with zero attached hydrogens (tertiary/aromatic N) is 3. The average Bonchev–Trinajstić information content (AvgIpc) is 2.93. The van der Waals surface area contributed by atoms with Gasteiger partial charge in [0.05, 0.1) is 17.9 Å². The van der Waals surface area contributed by atoms with Crippen molar-refractivity contribution in [2.45, 2.75) is 19.9 Å². The van der Waals surface area contributed by atoms with Crippen molar-refractivity contribution < 1.29 is 13.6 Å². The minimum atomic E-state index is -0.753. The molecule has 3 rings (SSSR count). The van der Waals surface area contributed by atoms with Crippen LogP contribution in [0.2, 0.25) is 0 Å². The van der Waals surface area contributed by atoms with Crippen molar-refractivity contribution in [3.05, 3.63) is 59.6 Å². The van der Waals surface area contributed by atoms with Gasteiger partial charge < -0.3 is 4.90 Å². The van der Waals surface area contributed by atoms with Crippen LogP contribution in [0, 0.1) is 17.6 Å². The van der Waals surface area contributed by atoms with E-state index in [0.717, 1.165) is 0 Å². The Kier molecular flexibility index (Phi) is 3.75. The summed E-state index contributed by atoms with van der Waals surface area (Å²) in [5.41, 5.74) is 1.13. The molecule has 1 aromatic heterocycles. The quantitative estimate of drug-likeness (QED) is 0.852. The van der Waals surface area contributed by atoms with Gasteiger partial charge in [0.1, 0.15) is 11.6 Å². The van der Waals surface area contributed by atoms with Gasteiger partial charge in [-0.3, -0.25) is 9.48 Å². The zero-order valence-electron chi connectivity index (χ0n) is 13.1. The monoisotopic (exact) mass is 317 g/mol. The molecule has 1 aliphatic heterocycles. The van der Waals surface area contributed by atoms with Crippen molar-refractivity contribution in [1.82, 2.24) is 9.78 Å². The Balaban J connectivity index is 2.19. The van der Waals surface area contributed by atoms with E-state index in [1.165, 1.54) is 18.2 Å². The highest BCUT2D eigenvalue weighted by molar-refractivity contribution is 5.99. The lowest BCUT2D eigenvalue weighted by Gasteiger charge is -2.38. The van der Waals surface area contributed by atoms with Crippen molar-refractivity contribution in [1.29, 1.82) is 0 Å². The standard InChI is InChI=1S/C17H17F2N3O/c1-10-8-22(12-7-20-21(3)9-12)16(11(2)17(10)23)15-13(18)5-4-6-14(15)19/h4-9,11,16H,1-3H3. The Labute approximate surface area is 133 Å². The smallest absolute Gasteiger partial charge is 0.165 e. The maximum absolute atomic E-state index is 14.3. The van der Waals surface area contributed by atoms with Gasteiger partial charge in [-0.05, 0) is 19.1 Å². The molecule has 0 saturated heterocycles. The SMILES string of the molecule is CC1=CN(c2cnn(C)c2)C(c2c(F)cccc2F)C(C)C1=O. The number of halogens is 2. The van der Waals surface area contributed by atoms with E-state index in [2.05, 4.69) is 5.10 Å². The first-order chi connectivity index (χ1) is 10.9. The van der Waals surface area contributed by atoms with Gasteiger partial charge in [0.25, 0.3) is 0 Å². The summed E-state index contributed by atoms with van der Waals surface area (Å²) in [6.07, 6.45) is 4.99. The topological polar surface area (TPSA) is 38.1 Å². The Morgan fingerprint density at radius 1 is 1.22 bits per heavy atom. The Morgan fingerprint density at radius 2 is 1.87 bits per heavy atom. The highest BCUT2D eigenvalue weighted by Crippen LogP contribution is 2.40. The number of anilines is 1. The van der Waals surface area contributed by atoms with Crippen LogP contribution >= 0.6 is 0 Å². The normalized spacial score (nSPS) is 21.5. The highest BCUT2D eigenvalue weighted by Gasteiger charge is 2.38.